The van der Waals surface area contributed by atoms with Gasteiger partial charge in [-0.05, 0) is 29.5 Å². The van der Waals surface area contributed by atoms with Crippen LogP contribution in [0.15, 0.2) is 30.3 Å². The minimum absolute atomic E-state index is 0.216. The normalized spacial score (nSPS) is 27.1. The molecule has 4 unspecified atom stereocenters. The first-order chi connectivity index (χ1) is 12.8. The Hall–Kier alpha value is -2.72. The summed E-state index contributed by atoms with van der Waals surface area (Å²) in [5, 5.41) is 17.3. The molecule has 1 aromatic heterocycles. The van der Waals surface area contributed by atoms with Gasteiger partial charge in [-0.1, -0.05) is 23.3 Å². The smallest absolute Gasteiger partial charge is 0.341 e. The van der Waals surface area contributed by atoms with Gasteiger partial charge in [-0.15, -0.1) is 0 Å². The number of fused-ring (bicyclic) bond motifs is 1. The van der Waals surface area contributed by atoms with Crippen molar-refractivity contribution in [2.75, 3.05) is 19.8 Å². The zero-order valence-corrected chi connectivity index (χ0v) is 14.2. The third kappa shape index (κ3) is 3.20. The van der Waals surface area contributed by atoms with E-state index in [-0.39, 0.29) is 36.3 Å². The molecule has 0 spiro atoms. The molecule has 0 aliphatic carbocycles. The maximum atomic E-state index is 11.8. The van der Waals surface area contributed by atoms with Gasteiger partial charge >= 0.3 is 12.0 Å². The summed E-state index contributed by atoms with van der Waals surface area (Å²) in [4.78, 5) is 11.8. The first kappa shape index (κ1) is 16.7. The maximum Gasteiger partial charge on any atom is 0.341 e. The van der Waals surface area contributed by atoms with Crippen molar-refractivity contribution in [2.45, 2.75) is 31.2 Å². The van der Waals surface area contributed by atoms with Crippen LogP contribution >= 0.6 is 0 Å². The molecule has 10 nitrogen and oxygen atoms in total. The largest absolute Gasteiger partial charge is 0.423 e. The molecule has 0 bridgehead atoms. The lowest BCUT2D eigenvalue weighted by atomic mass is 10.1. The minimum Gasteiger partial charge on any atom is -0.423 e. The van der Waals surface area contributed by atoms with Crippen LogP contribution in [0.25, 0.3) is 0 Å². The molecule has 2 fully saturated rings. The van der Waals surface area contributed by atoms with E-state index in [4.69, 9.17) is 14.2 Å². The molecule has 2 aliphatic heterocycles. The van der Waals surface area contributed by atoms with E-state index >= 15 is 0 Å². The maximum absolute atomic E-state index is 11.8. The molecule has 0 radical (unpaired) electrons. The number of urea groups is 1. The summed E-state index contributed by atoms with van der Waals surface area (Å²) in [5.41, 5.74) is 0. The van der Waals surface area contributed by atoms with Gasteiger partial charge in [0.25, 0.3) is 0 Å². The number of hydrogen-bond donors (Lipinski definition) is 2. The second kappa shape index (κ2) is 7.26. The third-order valence-corrected chi connectivity index (χ3v) is 4.41. The highest BCUT2D eigenvalue weighted by Crippen LogP contribution is 2.35. The molecule has 138 valence electrons. The number of para-hydroxylation sites is 1. The molecule has 1 aromatic carbocycles. The van der Waals surface area contributed by atoms with Crippen molar-refractivity contribution in [1.29, 1.82) is 0 Å². The quantitative estimate of drug-likeness (QED) is 0.798. The van der Waals surface area contributed by atoms with Crippen LogP contribution in [0.4, 0.5) is 4.79 Å². The number of aromatic nitrogens is 4. The van der Waals surface area contributed by atoms with Crippen LogP contribution < -0.4 is 15.4 Å². The van der Waals surface area contributed by atoms with Gasteiger partial charge in [0.05, 0.1) is 19.3 Å². The van der Waals surface area contributed by atoms with E-state index in [0.29, 0.717) is 25.5 Å². The predicted molar refractivity (Wildman–Crippen MR) is 88.8 cm³/mol. The first-order valence-corrected chi connectivity index (χ1v) is 8.54. The molecule has 2 aromatic rings. The lowest BCUT2D eigenvalue weighted by molar-refractivity contribution is 0.0613. The number of hydrogen-bond acceptors (Lipinski definition) is 7. The zero-order valence-electron chi connectivity index (χ0n) is 14.2. The van der Waals surface area contributed by atoms with Crippen molar-refractivity contribution < 1.29 is 19.0 Å². The van der Waals surface area contributed by atoms with Crippen LogP contribution in [-0.4, -0.2) is 64.2 Å². The Labute approximate surface area is 149 Å². The van der Waals surface area contributed by atoms with Gasteiger partial charge in [0, 0.05) is 6.54 Å². The zero-order chi connectivity index (χ0) is 17.9. The molecule has 2 N–H and O–H groups in total. The molecular weight excluding hydrogens is 340 g/mol. The average molecular weight is 360 g/mol. The molecule has 10 heteroatoms. The first-order valence-electron chi connectivity index (χ1n) is 8.54. The Morgan fingerprint density at radius 1 is 1.27 bits per heavy atom. The number of nitrogens with one attached hydrogen (secondary N) is 2. The van der Waals surface area contributed by atoms with Crippen LogP contribution in [0, 0.1) is 0 Å². The molecular formula is C16H20N6O4. The van der Waals surface area contributed by atoms with Gasteiger partial charge < -0.3 is 24.8 Å². The van der Waals surface area contributed by atoms with E-state index in [0.717, 1.165) is 0 Å². The fraction of sp³-hybridized carbons (Fsp3) is 0.500. The lowest BCUT2D eigenvalue weighted by Crippen LogP contribution is -2.48. The van der Waals surface area contributed by atoms with Crippen LogP contribution in [0.5, 0.6) is 11.8 Å². The van der Waals surface area contributed by atoms with Crippen molar-refractivity contribution in [2.24, 2.45) is 0 Å². The van der Waals surface area contributed by atoms with Crippen molar-refractivity contribution in [3.05, 3.63) is 30.3 Å². The standard InChI is InChI=1S/C16H20N6O4/c1-2-17-15(23)18-11-8-24-14-12(9-25-13(11)14)22-16(19-20-21-22)26-10-6-4-3-5-7-10/h3-7,11-14H,2,8-9H2,1H3,(H2,17,18,23). The molecule has 4 atom stereocenters. The monoisotopic (exact) mass is 360 g/mol. The third-order valence-electron chi connectivity index (χ3n) is 4.41. The Morgan fingerprint density at radius 2 is 2.08 bits per heavy atom. The minimum atomic E-state index is -0.261. The van der Waals surface area contributed by atoms with Crippen LogP contribution in [0.2, 0.25) is 0 Å². The van der Waals surface area contributed by atoms with Crippen molar-refractivity contribution in [3.63, 3.8) is 0 Å². The van der Waals surface area contributed by atoms with Crippen LogP contribution in [0.1, 0.15) is 13.0 Å². The van der Waals surface area contributed by atoms with Crippen molar-refractivity contribution >= 4 is 6.03 Å². The van der Waals surface area contributed by atoms with Crippen molar-refractivity contribution in [1.82, 2.24) is 30.8 Å². The number of tetrazole rings is 1. The van der Waals surface area contributed by atoms with Gasteiger partial charge in [-0.25, -0.2) is 4.79 Å². The molecule has 3 heterocycles. The van der Waals surface area contributed by atoms with Crippen LogP contribution in [0.3, 0.4) is 0 Å². The van der Waals surface area contributed by atoms with E-state index in [2.05, 4.69) is 26.2 Å². The van der Waals surface area contributed by atoms with Crippen LogP contribution in [-0.2, 0) is 9.47 Å². The second-order valence-corrected chi connectivity index (χ2v) is 6.09. The number of amides is 2. The Balaban J connectivity index is 1.46. The van der Waals surface area contributed by atoms with E-state index in [1.165, 1.54) is 0 Å². The van der Waals surface area contributed by atoms with E-state index in [1.807, 2.05) is 37.3 Å². The SMILES string of the molecule is CCNC(=O)NC1COC2C1OCC2n1nnnc1Oc1ccccc1. The number of carbonyl (C=O) groups is 1. The highest BCUT2D eigenvalue weighted by atomic mass is 16.6. The van der Waals surface area contributed by atoms with Gasteiger partial charge in [0.1, 0.15) is 24.0 Å². The number of nitrogens with zero attached hydrogens (tertiary/aromatic N) is 4. The molecule has 2 saturated heterocycles. The summed E-state index contributed by atoms with van der Waals surface area (Å²) in [5.74, 6) is 0.641. The van der Waals surface area contributed by atoms with E-state index in [9.17, 15) is 4.79 Å². The number of rotatable bonds is 5. The van der Waals surface area contributed by atoms with Crippen molar-refractivity contribution in [3.8, 4) is 11.8 Å². The van der Waals surface area contributed by atoms with Gasteiger partial charge in [0.2, 0.25) is 0 Å². The molecule has 26 heavy (non-hydrogen) atoms. The molecule has 4 rings (SSSR count). The van der Waals surface area contributed by atoms with Gasteiger partial charge in [-0.3, -0.25) is 0 Å². The lowest BCUT2D eigenvalue weighted by Gasteiger charge is -2.18. The van der Waals surface area contributed by atoms with E-state index in [1.54, 1.807) is 4.68 Å². The second-order valence-electron chi connectivity index (χ2n) is 6.09. The van der Waals surface area contributed by atoms with E-state index < -0.39 is 0 Å². The summed E-state index contributed by atoms with van der Waals surface area (Å²) in [6.07, 6.45) is -0.514. The topological polar surface area (TPSA) is 112 Å². The fourth-order valence-electron chi connectivity index (χ4n) is 3.25. The van der Waals surface area contributed by atoms with Gasteiger partial charge in [-0.2, -0.15) is 4.68 Å². The summed E-state index contributed by atoms with van der Waals surface area (Å²) >= 11 is 0. The Bertz CT molecular complexity index is 754. The Morgan fingerprint density at radius 3 is 2.88 bits per heavy atom. The Kier molecular flexibility index (Phi) is 4.67. The summed E-state index contributed by atoms with van der Waals surface area (Å²) in [7, 11) is 0. The highest BCUT2D eigenvalue weighted by molar-refractivity contribution is 5.74. The average Bonchev–Trinajstić information content (AvgIpc) is 3.34. The predicted octanol–water partition coefficient (Wildman–Crippen LogP) is 0.492. The molecule has 2 aliphatic rings. The number of benzene rings is 1. The summed E-state index contributed by atoms with van der Waals surface area (Å²) in [6, 6.07) is 8.89. The number of carbonyl (C=O) groups excluding carboxylic acids is 1. The molecule has 2 amide bonds. The van der Waals surface area contributed by atoms with Gasteiger partial charge in [0.15, 0.2) is 0 Å². The molecule has 0 saturated carbocycles. The number of ether oxygens (including phenoxy) is 3. The summed E-state index contributed by atoms with van der Waals surface area (Å²) in [6.45, 7) is 3.17. The fourth-order valence-corrected chi connectivity index (χ4v) is 3.25. The summed E-state index contributed by atoms with van der Waals surface area (Å²) < 4.78 is 19.1. The highest BCUT2D eigenvalue weighted by Gasteiger charge is 2.50.